The molecule has 0 bridgehead atoms. The molecule has 0 aliphatic carbocycles. The van der Waals surface area contributed by atoms with Gasteiger partial charge < -0.3 is 4.52 Å². The molecule has 0 amide bonds. The number of hydrogen-bond donors (Lipinski definition) is 0. The van der Waals surface area contributed by atoms with E-state index in [1.807, 2.05) is 35.8 Å². The highest BCUT2D eigenvalue weighted by atomic mass is 32.1. The average molecular weight is 392 g/mol. The van der Waals surface area contributed by atoms with Crippen molar-refractivity contribution < 1.29 is 8.91 Å². The van der Waals surface area contributed by atoms with E-state index < -0.39 is 0 Å². The Balaban J connectivity index is 1.29. The minimum atomic E-state index is -0.281. The summed E-state index contributed by atoms with van der Waals surface area (Å²) in [4.78, 5) is 12.7. The predicted molar refractivity (Wildman–Crippen MR) is 105 cm³/mol. The molecule has 0 N–H and O–H groups in total. The van der Waals surface area contributed by atoms with Crippen LogP contribution in [0.1, 0.15) is 17.0 Å². The van der Waals surface area contributed by atoms with Crippen LogP contribution in [0, 0.1) is 5.82 Å². The van der Waals surface area contributed by atoms with Crippen molar-refractivity contribution in [2.24, 2.45) is 0 Å². The molecule has 0 spiro atoms. The summed E-state index contributed by atoms with van der Waals surface area (Å²) in [5, 5.41) is 6.12. The lowest BCUT2D eigenvalue weighted by molar-refractivity contribution is 0.213. The van der Waals surface area contributed by atoms with Gasteiger partial charge in [-0.25, -0.2) is 14.4 Å². The second-order valence-electron chi connectivity index (χ2n) is 6.79. The first-order chi connectivity index (χ1) is 13.7. The molecule has 28 heavy (non-hydrogen) atoms. The molecule has 0 saturated carbocycles. The van der Waals surface area contributed by atoms with Crippen molar-refractivity contribution in [3.8, 4) is 22.0 Å². The number of nitrogens with zero attached hydrogens (tertiary/aromatic N) is 4. The number of hydrogen-bond acceptors (Lipinski definition) is 6. The van der Waals surface area contributed by atoms with Gasteiger partial charge in [-0.05, 0) is 23.6 Å². The molecule has 4 heterocycles. The molecule has 3 aromatic heterocycles. The fraction of sp³-hybridized carbons (Fsp3) is 0.190. The fourth-order valence-electron chi connectivity index (χ4n) is 3.43. The van der Waals surface area contributed by atoms with E-state index in [2.05, 4.69) is 15.0 Å². The Morgan fingerprint density at radius 1 is 1.18 bits per heavy atom. The summed E-state index contributed by atoms with van der Waals surface area (Å²) in [5.41, 5.74) is 3.63. The van der Waals surface area contributed by atoms with Crippen molar-refractivity contribution in [1.29, 1.82) is 0 Å². The van der Waals surface area contributed by atoms with E-state index >= 15 is 0 Å². The summed E-state index contributed by atoms with van der Waals surface area (Å²) in [6.45, 7) is 2.31. The first kappa shape index (κ1) is 17.2. The van der Waals surface area contributed by atoms with Gasteiger partial charge in [0.1, 0.15) is 11.5 Å². The van der Waals surface area contributed by atoms with E-state index in [4.69, 9.17) is 9.51 Å². The second-order valence-corrected chi connectivity index (χ2v) is 7.74. The molecule has 1 aliphatic heterocycles. The van der Waals surface area contributed by atoms with Crippen molar-refractivity contribution in [2.45, 2.75) is 19.5 Å². The largest absolute Gasteiger partial charge is 0.359 e. The van der Waals surface area contributed by atoms with Gasteiger partial charge in [-0.2, -0.15) is 0 Å². The Bertz CT molecular complexity index is 1110. The summed E-state index contributed by atoms with van der Waals surface area (Å²) in [7, 11) is 0. The van der Waals surface area contributed by atoms with Crippen LogP contribution in [0.15, 0.2) is 58.6 Å². The van der Waals surface area contributed by atoms with Crippen LogP contribution in [0.5, 0.6) is 0 Å². The lowest BCUT2D eigenvalue weighted by Crippen LogP contribution is -2.30. The average Bonchev–Trinajstić information content (AvgIpc) is 3.40. The van der Waals surface area contributed by atoms with Crippen molar-refractivity contribution >= 4 is 11.3 Å². The zero-order chi connectivity index (χ0) is 18.9. The number of rotatable bonds is 4. The standard InChI is InChI=1S/C21H17FN4OS/c22-16-4-1-3-14(9-16)19-10-17(27-25-19)13-26-7-6-18-15(12-26)11-23-21(24-18)20-5-2-8-28-20/h1-5,8-11H,6-7,12-13H2. The maximum absolute atomic E-state index is 13.4. The predicted octanol–water partition coefficient (Wildman–Crippen LogP) is 4.56. The highest BCUT2D eigenvalue weighted by molar-refractivity contribution is 7.13. The van der Waals surface area contributed by atoms with E-state index in [-0.39, 0.29) is 5.82 Å². The van der Waals surface area contributed by atoms with Crippen molar-refractivity contribution in [2.75, 3.05) is 6.54 Å². The number of fused-ring (bicyclic) bond motifs is 1. The van der Waals surface area contributed by atoms with Gasteiger partial charge in [-0.3, -0.25) is 4.90 Å². The topological polar surface area (TPSA) is 55.1 Å². The zero-order valence-electron chi connectivity index (χ0n) is 15.0. The molecule has 0 fully saturated rings. The molecule has 0 radical (unpaired) electrons. The van der Waals surface area contributed by atoms with Crippen LogP contribution in [-0.2, 0) is 19.5 Å². The molecule has 5 rings (SSSR count). The van der Waals surface area contributed by atoms with Crippen LogP contribution in [0.3, 0.4) is 0 Å². The lowest BCUT2D eigenvalue weighted by Gasteiger charge is -2.26. The Hall–Kier alpha value is -2.90. The Labute approximate surface area is 165 Å². The van der Waals surface area contributed by atoms with Gasteiger partial charge in [0.15, 0.2) is 11.6 Å². The Morgan fingerprint density at radius 2 is 2.14 bits per heavy atom. The maximum atomic E-state index is 13.4. The third kappa shape index (κ3) is 3.46. The molecule has 4 aromatic rings. The molecular formula is C21H17FN4OS. The molecule has 5 nitrogen and oxygen atoms in total. The minimum absolute atomic E-state index is 0.281. The highest BCUT2D eigenvalue weighted by Crippen LogP contribution is 2.26. The van der Waals surface area contributed by atoms with Crippen LogP contribution in [0.2, 0.25) is 0 Å². The van der Waals surface area contributed by atoms with E-state index in [1.165, 1.54) is 12.1 Å². The van der Waals surface area contributed by atoms with Crippen LogP contribution in [0.4, 0.5) is 4.39 Å². The molecule has 0 atom stereocenters. The second kappa shape index (κ2) is 7.26. The molecule has 140 valence electrons. The van der Waals surface area contributed by atoms with Crippen LogP contribution < -0.4 is 0 Å². The van der Waals surface area contributed by atoms with Gasteiger partial charge >= 0.3 is 0 Å². The smallest absolute Gasteiger partial charge is 0.169 e. The number of aromatic nitrogens is 3. The van der Waals surface area contributed by atoms with Gasteiger partial charge in [0.05, 0.1) is 17.1 Å². The third-order valence-corrected chi connectivity index (χ3v) is 5.68. The summed E-state index contributed by atoms with van der Waals surface area (Å²) in [6, 6.07) is 12.3. The normalized spacial score (nSPS) is 14.2. The first-order valence-corrected chi connectivity index (χ1v) is 9.95. The zero-order valence-corrected chi connectivity index (χ0v) is 15.8. The van der Waals surface area contributed by atoms with Gasteiger partial charge in [0.2, 0.25) is 0 Å². The summed E-state index contributed by atoms with van der Waals surface area (Å²) in [5.74, 6) is 1.28. The quantitative estimate of drug-likeness (QED) is 0.510. The number of halogens is 1. The molecular weight excluding hydrogens is 375 g/mol. The van der Waals surface area contributed by atoms with Crippen molar-refractivity contribution in [3.63, 3.8) is 0 Å². The van der Waals surface area contributed by atoms with Gasteiger partial charge in [0, 0.05) is 42.9 Å². The van der Waals surface area contributed by atoms with E-state index in [9.17, 15) is 4.39 Å². The fourth-order valence-corrected chi connectivity index (χ4v) is 4.09. The van der Waals surface area contributed by atoms with E-state index in [1.54, 1.807) is 17.4 Å². The SMILES string of the molecule is Fc1cccc(-c2cc(CN3CCc4nc(-c5cccs5)ncc4C3)on2)c1. The van der Waals surface area contributed by atoms with E-state index in [0.29, 0.717) is 17.8 Å². The highest BCUT2D eigenvalue weighted by Gasteiger charge is 2.20. The van der Waals surface area contributed by atoms with E-state index in [0.717, 1.165) is 47.2 Å². The van der Waals surface area contributed by atoms with Crippen molar-refractivity contribution in [3.05, 3.63) is 76.9 Å². The molecule has 7 heteroatoms. The summed E-state index contributed by atoms with van der Waals surface area (Å²) >= 11 is 1.65. The minimum Gasteiger partial charge on any atom is -0.359 e. The van der Waals surface area contributed by atoms with Gasteiger partial charge in [-0.1, -0.05) is 23.4 Å². The Kier molecular flexibility index (Phi) is 4.46. The van der Waals surface area contributed by atoms with Gasteiger partial charge in [-0.15, -0.1) is 11.3 Å². The van der Waals surface area contributed by atoms with Crippen LogP contribution in [0.25, 0.3) is 22.0 Å². The molecule has 0 saturated heterocycles. The number of thiophene rings is 1. The summed E-state index contributed by atoms with van der Waals surface area (Å²) < 4.78 is 18.9. The van der Waals surface area contributed by atoms with Crippen LogP contribution in [-0.4, -0.2) is 26.6 Å². The van der Waals surface area contributed by atoms with Crippen molar-refractivity contribution in [1.82, 2.24) is 20.0 Å². The first-order valence-electron chi connectivity index (χ1n) is 9.07. The molecule has 1 aliphatic rings. The monoisotopic (exact) mass is 392 g/mol. The maximum Gasteiger partial charge on any atom is 0.169 e. The third-order valence-electron chi connectivity index (χ3n) is 4.81. The molecule has 1 aromatic carbocycles. The number of benzene rings is 1. The van der Waals surface area contributed by atoms with Gasteiger partial charge in [0.25, 0.3) is 0 Å². The Morgan fingerprint density at radius 3 is 3.00 bits per heavy atom. The van der Waals surface area contributed by atoms with Crippen LogP contribution >= 0.6 is 11.3 Å². The summed E-state index contributed by atoms with van der Waals surface area (Å²) in [6.07, 6.45) is 2.81. The lowest BCUT2D eigenvalue weighted by atomic mass is 10.1. The molecule has 0 unspecified atom stereocenters.